The highest BCUT2D eigenvalue weighted by molar-refractivity contribution is 5.80. The van der Waals surface area contributed by atoms with Crippen LogP contribution in [0.1, 0.15) is 39.0 Å². The van der Waals surface area contributed by atoms with Gasteiger partial charge in [-0.3, -0.25) is 4.79 Å². The monoisotopic (exact) mass is 254 g/mol. The second kappa shape index (κ2) is 5.16. The van der Waals surface area contributed by atoms with E-state index >= 15 is 0 Å². The van der Waals surface area contributed by atoms with Crippen molar-refractivity contribution in [2.24, 2.45) is 11.3 Å². The van der Waals surface area contributed by atoms with E-state index in [2.05, 4.69) is 12.2 Å². The van der Waals surface area contributed by atoms with E-state index in [1.54, 1.807) is 0 Å². The molecule has 0 aromatic heterocycles. The number of aliphatic carboxylic acids is 1. The van der Waals surface area contributed by atoms with Crippen LogP contribution in [0, 0.1) is 11.3 Å². The summed E-state index contributed by atoms with van der Waals surface area (Å²) in [7, 11) is 0. The number of amides is 2. The number of urea groups is 1. The third-order valence-corrected chi connectivity index (χ3v) is 4.16. The zero-order valence-corrected chi connectivity index (χ0v) is 10.9. The molecule has 2 amide bonds. The van der Waals surface area contributed by atoms with Gasteiger partial charge in [0.25, 0.3) is 0 Å². The molecule has 2 aliphatic rings. The molecule has 102 valence electrons. The first-order chi connectivity index (χ1) is 8.57. The van der Waals surface area contributed by atoms with Crippen molar-refractivity contribution >= 4 is 12.0 Å². The zero-order chi connectivity index (χ0) is 13.2. The second-order valence-electron chi connectivity index (χ2n) is 5.63. The van der Waals surface area contributed by atoms with Crippen molar-refractivity contribution in [3.63, 3.8) is 0 Å². The quantitative estimate of drug-likeness (QED) is 0.784. The molecule has 0 radical (unpaired) electrons. The Bertz CT molecular complexity index is 339. The Morgan fingerprint density at radius 2 is 2.17 bits per heavy atom. The third kappa shape index (κ3) is 2.76. The number of carbonyl (C=O) groups is 2. The Hall–Kier alpha value is -1.26. The number of carboxylic acid groups (broad SMARTS) is 1. The molecule has 2 rings (SSSR count). The minimum Gasteiger partial charge on any atom is -0.481 e. The van der Waals surface area contributed by atoms with E-state index in [-0.39, 0.29) is 12.6 Å². The number of carbonyl (C=O) groups excluding carboxylic acids is 1. The zero-order valence-electron chi connectivity index (χ0n) is 10.9. The van der Waals surface area contributed by atoms with Gasteiger partial charge in [0, 0.05) is 19.6 Å². The van der Waals surface area contributed by atoms with Gasteiger partial charge in [-0.25, -0.2) is 4.79 Å². The van der Waals surface area contributed by atoms with Crippen molar-refractivity contribution in [3.05, 3.63) is 0 Å². The molecule has 0 bridgehead atoms. The lowest BCUT2D eigenvalue weighted by Crippen LogP contribution is -2.42. The molecule has 1 heterocycles. The summed E-state index contributed by atoms with van der Waals surface area (Å²) in [5, 5.41) is 11.8. The van der Waals surface area contributed by atoms with E-state index < -0.39 is 11.4 Å². The summed E-state index contributed by atoms with van der Waals surface area (Å²) in [6, 6.07) is -0.0962. The minimum atomic E-state index is -0.784. The van der Waals surface area contributed by atoms with E-state index in [0.29, 0.717) is 18.8 Å². The molecule has 2 N–H and O–H groups in total. The summed E-state index contributed by atoms with van der Waals surface area (Å²) in [5.41, 5.74) is -0.668. The van der Waals surface area contributed by atoms with Gasteiger partial charge in [-0.15, -0.1) is 0 Å². The Balaban J connectivity index is 1.74. The molecule has 0 spiro atoms. The van der Waals surface area contributed by atoms with E-state index in [1.807, 2.05) is 4.90 Å². The van der Waals surface area contributed by atoms with Crippen LogP contribution in [0.4, 0.5) is 4.79 Å². The highest BCUT2D eigenvalue weighted by Crippen LogP contribution is 2.45. The average Bonchev–Trinajstić information content (AvgIpc) is 3.00. The maximum Gasteiger partial charge on any atom is 0.317 e. The number of likely N-dealkylation sites (tertiary alicyclic amines) is 1. The molecule has 1 saturated carbocycles. The lowest BCUT2D eigenvalue weighted by atomic mass is 10.0. The number of hydrogen-bond acceptors (Lipinski definition) is 2. The fourth-order valence-corrected chi connectivity index (χ4v) is 2.63. The van der Waals surface area contributed by atoms with Crippen LogP contribution in [-0.2, 0) is 4.79 Å². The van der Waals surface area contributed by atoms with Crippen LogP contribution in [-0.4, -0.2) is 41.6 Å². The van der Waals surface area contributed by atoms with Gasteiger partial charge in [-0.1, -0.05) is 13.3 Å². The maximum absolute atomic E-state index is 11.9. The van der Waals surface area contributed by atoms with Crippen molar-refractivity contribution in [1.82, 2.24) is 10.2 Å². The predicted octanol–water partition coefficient (Wildman–Crippen LogP) is 1.68. The molecule has 1 aliphatic heterocycles. The van der Waals surface area contributed by atoms with E-state index in [4.69, 9.17) is 5.11 Å². The normalized spacial score (nSPS) is 24.9. The Kier molecular flexibility index (Phi) is 3.78. The molecular weight excluding hydrogens is 232 g/mol. The first kappa shape index (κ1) is 13.2. The van der Waals surface area contributed by atoms with Crippen LogP contribution in [0.15, 0.2) is 0 Å². The summed E-state index contributed by atoms with van der Waals surface area (Å²) in [6.07, 6.45) is 4.76. The summed E-state index contributed by atoms with van der Waals surface area (Å²) >= 11 is 0. The second-order valence-corrected chi connectivity index (χ2v) is 5.63. The lowest BCUT2D eigenvalue weighted by molar-refractivity contribution is -0.143. The van der Waals surface area contributed by atoms with Gasteiger partial charge in [0.05, 0.1) is 5.41 Å². The molecule has 1 aliphatic carbocycles. The molecule has 0 aromatic rings. The summed E-state index contributed by atoms with van der Waals surface area (Å²) < 4.78 is 0. The SMILES string of the molecule is CCCC1CCN(C(=O)NCC2(C(=O)O)CC2)C1. The van der Waals surface area contributed by atoms with Gasteiger partial charge in [0.2, 0.25) is 0 Å². The fourth-order valence-electron chi connectivity index (χ4n) is 2.63. The van der Waals surface area contributed by atoms with Gasteiger partial charge in [-0.05, 0) is 31.6 Å². The van der Waals surface area contributed by atoms with E-state index in [0.717, 1.165) is 25.9 Å². The highest BCUT2D eigenvalue weighted by atomic mass is 16.4. The summed E-state index contributed by atoms with van der Waals surface area (Å²) in [5.74, 6) is -0.164. The Labute approximate surface area is 108 Å². The van der Waals surface area contributed by atoms with Crippen molar-refractivity contribution in [3.8, 4) is 0 Å². The van der Waals surface area contributed by atoms with Gasteiger partial charge >= 0.3 is 12.0 Å². The lowest BCUT2D eigenvalue weighted by Gasteiger charge is -2.19. The molecular formula is C13H22N2O3. The molecule has 1 unspecified atom stereocenters. The van der Waals surface area contributed by atoms with E-state index in [9.17, 15) is 9.59 Å². The number of carboxylic acids is 1. The maximum atomic E-state index is 11.9. The van der Waals surface area contributed by atoms with Crippen LogP contribution in [0.2, 0.25) is 0 Å². The van der Waals surface area contributed by atoms with Crippen molar-refractivity contribution in [2.75, 3.05) is 19.6 Å². The summed E-state index contributed by atoms with van der Waals surface area (Å²) in [4.78, 5) is 24.7. The van der Waals surface area contributed by atoms with Crippen LogP contribution in [0.25, 0.3) is 0 Å². The van der Waals surface area contributed by atoms with Gasteiger partial charge in [0.1, 0.15) is 0 Å². The van der Waals surface area contributed by atoms with Crippen LogP contribution < -0.4 is 5.32 Å². The fraction of sp³-hybridized carbons (Fsp3) is 0.846. The summed E-state index contributed by atoms with van der Waals surface area (Å²) in [6.45, 7) is 4.05. The average molecular weight is 254 g/mol. The number of rotatable bonds is 5. The topological polar surface area (TPSA) is 69.6 Å². The Morgan fingerprint density at radius 3 is 2.72 bits per heavy atom. The smallest absolute Gasteiger partial charge is 0.317 e. The molecule has 2 fully saturated rings. The minimum absolute atomic E-state index is 0.0962. The van der Waals surface area contributed by atoms with Crippen molar-refractivity contribution < 1.29 is 14.7 Å². The molecule has 1 saturated heterocycles. The first-order valence-electron chi connectivity index (χ1n) is 6.83. The molecule has 1 atom stereocenters. The molecule has 5 heteroatoms. The highest BCUT2D eigenvalue weighted by Gasteiger charge is 2.50. The Morgan fingerprint density at radius 1 is 1.44 bits per heavy atom. The van der Waals surface area contributed by atoms with Gasteiger partial charge in [0.15, 0.2) is 0 Å². The largest absolute Gasteiger partial charge is 0.481 e. The van der Waals surface area contributed by atoms with Crippen molar-refractivity contribution in [1.29, 1.82) is 0 Å². The van der Waals surface area contributed by atoms with Gasteiger partial charge < -0.3 is 15.3 Å². The number of nitrogens with one attached hydrogen (secondary N) is 1. The molecule has 0 aromatic carbocycles. The standard InChI is InChI=1S/C13H22N2O3/c1-2-3-10-4-7-15(8-10)12(18)14-9-13(5-6-13)11(16)17/h10H,2-9H2,1H3,(H,14,18)(H,16,17). The van der Waals surface area contributed by atoms with Crippen molar-refractivity contribution in [2.45, 2.75) is 39.0 Å². The van der Waals surface area contributed by atoms with E-state index in [1.165, 1.54) is 6.42 Å². The van der Waals surface area contributed by atoms with Crippen LogP contribution in [0.3, 0.4) is 0 Å². The van der Waals surface area contributed by atoms with Crippen LogP contribution >= 0.6 is 0 Å². The van der Waals surface area contributed by atoms with Crippen LogP contribution in [0.5, 0.6) is 0 Å². The van der Waals surface area contributed by atoms with Gasteiger partial charge in [-0.2, -0.15) is 0 Å². The first-order valence-corrected chi connectivity index (χ1v) is 6.83. The number of nitrogens with zero attached hydrogens (tertiary/aromatic N) is 1. The third-order valence-electron chi connectivity index (χ3n) is 4.16. The number of hydrogen-bond donors (Lipinski definition) is 2. The molecule has 5 nitrogen and oxygen atoms in total. The predicted molar refractivity (Wildman–Crippen MR) is 67.3 cm³/mol. The molecule has 18 heavy (non-hydrogen) atoms.